The fourth-order valence-corrected chi connectivity index (χ4v) is 4.28. The molecule has 0 unspecified atom stereocenters. The first kappa shape index (κ1) is 18.4. The van der Waals surface area contributed by atoms with Gasteiger partial charge >= 0.3 is 0 Å². The molecule has 4 heteroatoms. The van der Waals surface area contributed by atoms with Gasteiger partial charge in [0.05, 0.1) is 5.60 Å². The Morgan fingerprint density at radius 3 is 2.56 bits per heavy atom. The molecular weight excluding hydrogens is 312 g/mol. The van der Waals surface area contributed by atoms with Crippen molar-refractivity contribution < 1.29 is 9.90 Å². The van der Waals surface area contributed by atoms with Gasteiger partial charge in [-0.2, -0.15) is 0 Å². The van der Waals surface area contributed by atoms with Gasteiger partial charge in [0.1, 0.15) is 0 Å². The van der Waals surface area contributed by atoms with Crippen LogP contribution < -0.4 is 0 Å². The van der Waals surface area contributed by atoms with Crippen LogP contribution in [0.15, 0.2) is 30.3 Å². The van der Waals surface area contributed by atoms with E-state index in [9.17, 15) is 9.90 Å². The Morgan fingerprint density at radius 2 is 1.88 bits per heavy atom. The predicted octanol–water partition coefficient (Wildman–Crippen LogP) is 2.85. The molecule has 1 aromatic rings. The van der Waals surface area contributed by atoms with Crippen LogP contribution in [0.25, 0.3) is 0 Å². The van der Waals surface area contributed by atoms with Crippen LogP contribution in [-0.2, 0) is 11.2 Å². The van der Waals surface area contributed by atoms with Crippen LogP contribution in [-0.4, -0.2) is 59.1 Å². The molecule has 2 aliphatic heterocycles. The smallest absolute Gasteiger partial charge is 0.222 e. The predicted molar refractivity (Wildman–Crippen MR) is 100 cm³/mol. The van der Waals surface area contributed by atoms with Gasteiger partial charge in [-0.15, -0.1) is 0 Å². The number of rotatable bonds is 5. The third-order valence-electron chi connectivity index (χ3n) is 6.04. The van der Waals surface area contributed by atoms with E-state index >= 15 is 0 Å². The minimum absolute atomic E-state index is 0.265. The SMILES string of the molecule is CN1CCCC[C@H]1CCC(=O)N1CCC(O)(Cc2ccccc2)CC1. The lowest BCUT2D eigenvalue weighted by Crippen LogP contribution is -2.48. The van der Waals surface area contributed by atoms with Crippen molar-refractivity contribution >= 4 is 5.91 Å². The van der Waals surface area contributed by atoms with Crippen molar-refractivity contribution in [2.45, 2.75) is 63.0 Å². The molecule has 2 heterocycles. The van der Waals surface area contributed by atoms with E-state index in [0.29, 0.717) is 44.8 Å². The van der Waals surface area contributed by atoms with Crippen molar-refractivity contribution in [3.8, 4) is 0 Å². The second kappa shape index (κ2) is 8.33. The van der Waals surface area contributed by atoms with Gasteiger partial charge in [0, 0.05) is 32.0 Å². The summed E-state index contributed by atoms with van der Waals surface area (Å²) < 4.78 is 0. The lowest BCUT2D eigenvalue weighted by atomic mass is 9.85. The molecule has 0 aromatic heterocycles. The molecule has 0 bridgehead atoms. The Hall–Kier alpha value is -1.39. The largest absolute Gasteiger partial charge is 0.389 e. The molecule has 0 aliphatic carbocycles. The molecule has 3 rings (SSSR count). The molecule has 1 atom stereocenters. The number of piperidine rings is 2. The summed E-state index contributed by atoms with van der Waals surface area (Å²) in [6.45, 7) is 2.53. The van der Waals surface area contributed by atoms with Crippen LogP contribution in [0.3, 0.4) is 0 Å². The van der Waals surface area contributed by atoms with Crippen molar-refractivity contribution in [3.63, 3.8) is 0 Å². The Kier molecular flexibility index (Phi) is 6.13. The summed E-state index contributed by atoms with van der Waals surface area (Å²) in [7, 11) is 2.18. The molecule has 1 amide bonds. The molecule has 1 N–H and O–H groups in total. The summed E-state index contributed by atoms with van der Waals surface area (Å²) in [5, 5.41) is 10.8. The van der Waals surface area contributed by atoms with Crippen LogP contribution in [0.4, 0.5) is 0 Å². The molecule has 1 aromatic carbocycles. The Labute approximate surface area is 151 Å². The summed E-state index contributed by atoms with van der Waals surface area (Å²) in [5.74, 6) is 0.265. The Balaban J connectivity index is 1.44. The zero-order chi connectivity index (χ0) is 17.7. The van der Waals surface area contributed by atoms with Gasteiger partial charge in [-0.3, -0.25) is 4.79 Å². The standard InChI is InChI=1S/C21H32N2O2/c1-22-14-6-5-9-19(22)10-11-20(24)23-15-12-21(25,13-16-23)17-18-7-3-2-4-8-18/h2-4,7-8,19,25H,5-6,9-17H2,1H3/t19-/m0/s1. The van der Waals surface area contributed by atoms with Gasteiger partial charge in [-0.05, 0) is 51.3 Å². The van der Waals surface area contributed by atoms with Gasteiger partial charge in [-0.25, -0.2) is 0 Å². The number of likely N-dealkylation sites (tertiary alicyclic amines) is 2. The van der Waals surface area contributed by atoms with Crippen LogP contribution in [0.1, 0.15) is 50.5 Å². The molecule has 0 saturated carbocycles. The van der Waals surface area contributed by atoms with Crippen LogP contribution in [0, 0.1) is 0 Å². The molecule has 0 radical (unpaired) electrons. The summed E-state index contributed by atoms with van der Waals surface area (Å²) in [5.41, 5.74) is 0.506. The normalized spacial score (nSPS) is 24.2. The van der Waals surface area contributed by atoms with Crippen molar-refractivity contribution in [2.75, 3.05) is 26.7 Å². The van der Waals surface area contributed by atoms with Gasteiger partial charge in [-0.1, -0.05) is 36.8 Å². The first-order valence-electron chi connectivity index (χ1n) is 9.80. The van der Waals surface area contributed by atoms with E-state index in [1.165, 1.54) is 24.8 Å². The molecule has 25 heavy (non-hydrogen) atoms. The van der Waals surface area contributed by atoms with E-state index < -0.39 is 5.60 Å². The van der Waals surface area contributed by atoms with E-state index in [-0.39, 0.29) is 5.91 Å². The average Bonchev–Trinajstić information content (AvgIpc) is 2.62. The Morgan fingerprint density at radius 1 is 1.16 bits per heavy atom. The van der Waals surface area contributed by atoms with Crippen molar-refractivity contribution in [2.24, 2.45) is 0 Å². The number of aliphatic hydroxyl groups is 1. The number of hydrogen-bond acceptors (Lipinski definition) is 3. The average molecular weight is 344 g/mol. The summed E-state index contributed by atoms with van der Waals surface area (Å²) in [4.78, 5) is 16.9. The van der Waals surface area contributed by atoms with Crippen molar-refractivity contribution in [1.29, 1.82) is 0 Å². The van der Waals surface area contributed by atoms with E-state index in [1.807, 2.05) is 23.1 Å². The summed E-state index contributed by atoms with van der Waals surface area (Å²) >= 11 is 0. The minimum atomic E-state index is -0.665. The number of carbonyl (C=O) groups excluding carboxylic acids is 1. The zero-order valence-corrected chi connectivity index (χ0v) is 15.5. The highest BCUT2D eigenvalue weighted by molar-refractivity contribution is 5.76. The maximum absolute atomic E-state index is 12.5. The van der Waals surface area contributed by atoms with E-state index in [2.05, 4.69) is 24.1 Å². The number of carbonyl (C=O) groups is 1. The van der Waals surface area contributed by atoms with Gasteiger partial charge in [0.25, 0.3) is 0 Å². The maximum atomic E-state index is 12.5. The second-order valence-corrected chi connectivity index (χ2v) is 7.94. The number of nitrogens with zero attached hydrogens (tertiary/aromatic N) is 2. The van der Waals surface area contributed by atoms with Crippen LogP contribution in [0.5, 0.6) is 0 Å². The fraction of sp³-hybridized carbons (Fsp3) is 0.667. The van der Waals surface area contributed by atoms with Gasteiger partial charge < -0.3 is 14.9 Å². The minimum Gasteiger partial charge on any atom is -0.389 e. The number of amides is 1. The molecule has 0 spiro atoms. The summed E-state index contributed by atoms with van der Waals surface area (Å²) in [6, 6.07) is 10.7. The van der Waals surface area contributed by atoms with Crippen LogP contribution in [0.2, 0.25) is 0 Å². The quantitative estimate of drug-likeness (QED) is 0.893. The first-order valence-corrected chi connectivity index (χ1v) is 9.80. The van der Waals surface area contributed by atoms with Crippen molar-refractivity contribution in [3.05, 3.63) is 35.9 Å². The van der Waals surface area contributed by atoms with Gasteiger partial charge in [0.15, 0.2) is 0 Å². The third kappa shape index (κ3) is 5.05. The van der Waals surface area contributed by atoms with E-state index in [0.717, 1.165) is 13.0 Å². The zero-order valence-electron chi connectivity index (χ0n) is 15.5. The topological polar surface area (TPSA) is 43.8 Å². The molecule has 2 fully saturated rings. The lowest BCUT2D eigenvalue weighted by Gasteiger charge is -2.39. The number of benzene rings is 1. The summed E-state index contributed by atoms with van der Waals surface area (Å²) in [6.07, 6.45) is 7.45. The van der Waals surface area contributed by atoms with Crippen molar-refractivity contribution in [1.82, 2.24) is 9.80 Å². The monoisotopic (exact) mass is 344 g/mol. The van der Waals surface area contributed by atoms with Gasteiger partial charge in [0.2, 0.25) is 5.91 Å². The molecule has 138 valence electrons. The maximum Gasteiger partial charge on any atom is 0.222 e. The van der Waals surface area contributed by atoms with E-state index in [4.69, 9.17) is 0 Å². The molecule has 2 aliphatic rings. The highest BCUT2D eigenvalue weighted by Crippen LogP contribution is 2.27. The number of hydrogen-bond donors (Lipinski definition) is 1. The lowest BCUT2D eigenvalue weighted by molar-refractivity contribution is -0.135. The fourth-order valence-electron chi connectivity index (χ4n) is 4.28. The van der Waals surface area contributed by atoms with E-state index in [1.54, 1.807) is 0 Å². The molecular formula is C21H32N2O2. The molecule has 2 saturated heterocycles. The molecule has 4 nitrogen and oxygen atoms in total. The Bertz CT molecular complexity index is 552. The second-order valence-electron chi connectivity index (χ2n) is 7.94. The third-order valence-corrected chi connectivity index (χ3v) is 6.04. The first-order chi connectivity index (χ1) is 12.1. The highest BCUT2D eigenvalue weighted by atomic mass is 16.3. The highest BCUT2D eigenvalue weighted by Gasteiger charge is 2.34. The van der Waals surface area contributed by atoms with Crippen LogP contribution >= 0.6 is 0 Å².